The molecule has 0 atom stereocenters. The number of aryl methyl sites for hydroxylation is 1. The summed E-state index contributed by atoms with van der Waals surface area (Å²) in [5.41, 5.74) is 3.36. The van der Waals surface area contributed by atoms with E-state index in [2.05, 4.69) is 57.4 Å². The zero-order chi connectivity index (χ0) is 18.7. The largest absolute Gasteiger partial charge is 0.340 e. The monoisotopic (exact) mass is 364 g/mol. The summed E-state index contributed by atoms with van der Waals surface area (Å²) in [7, 11) is 0. The Morgan fingerprint density at radius 2 is 1.81 bits per heavy atom. The van der Waals surface area contributed by atoms with Crippen LogP contribution in [0.4, 0.5) is 0 Å². The van der Waals surface area contributed by atoms with Gasteiger partial charge in [-0.05, 0) is 30.5 Å². The van der Waals surface area contributed by atoms with Gasteiger partial charge in [-0.25, -0.2) is 0 Å². The summed E-state index contributed by atoms with van der Waals surface area (Å²) in [6.45, 7) is 7.99. The summed E-state index contributed by atoms with van der Waals surface area (Å²) in [6, 6.07) is 14.5. The number of pyridine rings is 1. The van der Waals surface area contributed by atoms with Crippen molar-refractivity contribution < 1.29 is 4.79 Å². The molecule has 5 heteroatoms. The maximum atomic E-state index is 13.3. The van der Waals surface area contributed by atoms with Crippen LogP contribution in [0.3, 0.4) is 0 Å². The van der Waals surface area contributed by atoms with E-state index in [1.54, 1.807) is 0 Å². The van der Waals surface area contributed by atoms with Gasteiger partial charge < -0.3 is 10.2 Å². The van der Waals surface area contributed by atoms with Gasteiger partial charge in [0.15, 0.2) is 0 Å². The molecule has 1 amide bonds. The lowest BCUT2D eigenvalue weighted by molar-refractivity contribution is -0.147. The van der Waals surface area contributed by atoms with E-state index in [1.807, 2.05) is 18.3 Å². The van der Waals surface area contributed by atoms with Crippen molar-refractivity contribution in [1.82, 2.24) is 20.1 Å². The predicted octanol–water partition coefficient (Wildman–Crippen LogP) is 1.87. The minimum Gasteiger partial charge on any atom is -0.340 e. The van der Waals surface area contributed by atoms with Crippen LogP contribution in [0.2, 0.25) is 0 Å². The second kappa shape index (κ2) is 7.79. The second-order valence-corrected chi connectivity index (χ2v) is 7.88. The third kappa shape index (κ3) is 3.89. The van der Waals surface area contributed by atoms with E-state index in [4.69, 9.17) is 0 Å². The third-order valence-electron chi connectivity index (χ3n) is 5.92. The van der Waals surface area contributed by atoms with Crippen molar-refractivity contribution in [3.8, 4) is 0 Å². The molecule has 27 heavy (non-hydrogen) atoms. The molecule has 0 spiro atoms. The van der Waals surface area contributed by atoms with Gasteiger partial charge >= 0.3 is 0 Å². The number of rotatable bonds is 5. The first-order chi connectivity index (χ1) is 13.2. The Morgan fingerprint density at radius 1 is 1.07 bits per heavy atom. The number of benzene rings is 1. The van der Waals surface area contributed by atoms with Crippen LogP contribution in [0, 0.1) is 12.3 Å². The lowest BCUT2D eigenvalue weighted by Crippen LogP contribution is -2.65. The molecular formula is C22H28N4O. The lowest BCUT2D eigenvalue weighted by atomic mass is 9.75. The van der Waals surface area contributed by atoms with E-state index in [0.29, 0.717) is 5.91 Å². The molecule has 0 saturated carbocycles. The molecule has 2 aromatic rings. The van der Waals surface area contributed by atoms with Crippen LogP contribution >= 0.6 is 0 Å². The van der Waals surface area contributed by atoms with Crippen molar-refractivity contribution in [2.24, 2.45) is 5.41 Å². The molecule has 1 aromatic carbocycles. The van der Waals surface area contributed by atoms with E-state index < -0.39 is 0 Å². The normalized spacial score (nSPS) is 19.5. The molecule has 0 unspecified atom stereocenters. The average molecular weight is 364 g/mol. The topological polar surface area (TPSA) is 48.5 Å². The van der Waals surface area contributed by atoms with E-state index >= 15 is 0 Å². The Balaban J connectivity index is 1.36. The maximum Gasteiger partial charge on any atom is 0.231 e. The smallest absolute Gasteiger partial charge is 0.231 e. The number of carbonyl (C=O) groups is 1. The number of carbonyl (C=O) groups excluding carboxylic acids is 1. The second-order valence-electron chi connectivity index (χ2n) is 7.88. The van der Waals surface area contributed by atoms with E-state index in [-0.39, 0.29) is 5.41 Å². The van der Waals surface area contributed by atoms with Crippen molar-refractivity contribution in [2.75, 3.05) is 39.3 Å². The minimum absolute atomic E-state index is 0.263. The van der Waals surface area contributed by atoms with Crippen molar-refractivity contribution in [3.05, 3.63) is 65.5 Å². The van der Waals surface area contributed by atoms with Gasteiger partial charge in [-0.15, -0.1) is 0 Å². The zero-order valence-electron chi connectivity index (χ0n) is 16.0. The zero-order valence-corrected chi connectivity index (χ0v) is 16.0. The van der Waals surface area contributed by atoms with E-state index in [0.717, 1.165) is 57.9 Å². The number of hydrogen-bond donors (Lipinski definition) is 1. The number of nitrogens with one attached hydrogen (secondary N) is 1. The van der Waals surface area contributed by atoms with Crippen molar-refractivity contribution >= 4 is 5.91 Å². The lowest BCUT2D eigenvalue weighted by Gasteiger charge is -2.46. The fourth-order valence-electron chi connectivity index (χ4n) is 4.11. The first kappa shape index (κ1) is 18.1. The summed E-state index contributed by atoms with van der Waals surface area (Å²) in [6.07, 6.45) is 2.69. The highest BCUT2D eigenvalue weighted by Crippen LogP contribution is 2.31. The van der Waals surface area contributed by atoms with Gasteiger partial charge in [-0.3, -0.25) is 14.7 Å². The summed E-state index contributed by atoms with van der Waals surface area (Å²) in [4.78, 5) is 22.3. The Morgan fingerprint density at radius 3 is 2.44 bits per heavy atom. The molecule has 142 valence electrons. The molecule has 1 N–H and O–H groups in total. The highest BCUT2D eigenvalue weighted by Gasteiger charge is 2.46. The van der Waals surface area contributed by atoms with Crippen LogP contribution in [0.25, 0.3) is 0 Å². The quantitative estimate of drug-likeness (QED) is 0.880. The van der Waals surface area contributed by atoms with Gasteiger partial charge in [-0.2, -0.15) is 0 Å². The fourth-order valence-corrected chi connectivity index (χ4v) is 4.11. The van der Waals surface area contributed by atoms with Gasteiger partial charge in [-0.1, -0.05) is 36.4 Å². The SMILES string of the molecule is Cc1cccnc1CN1CCN(C(=O)C2(Cc3ccccc3)CNC2)CC1. The molecule has 2 saturated heterocycles. The first-order valence-corrected chi connectivity index (χ1v) is 9.83. The Bertz CT molecular complexity index is 780. The van der Waals surface area contributed by atoms with Gasteiger partial charge in [0.25, 0.3) is 0 Å². The van der Waals surface area contributed by atoms with E-state index in [1.165, 1.54) is 11.1 Å². The van der Waals surface area contributed by atoms with Crippen molar-refractivity contribution in [1.29, 1.82) is 0 Å². The third-order valence-corrected chi connectivity index (χ3v) is 5.92. The summed E-state index contributed by atoms with van der Waals surface area (Å²) in [5, 5.41) is 3.32. The maximum absolute atomic E-state index is 13.3. The van der Waals surface area contributed by atoms with Crippen LogP contribution in [0.5, 0.6) is 0 Å². The van der Waals surface area contributed by atoms with Crippen LogP contribution in [-0.4, -0.2) is 60.0 Å². The molecule has 2 fully saturated rings. The molecule has 0 bridgehead atoms. The number of nitrogens with zero attached hydrogens (tertiary/aromatic N) is 3. The molecule has 0 aliphatic carbocycles. The summed E-state index contributed by atoms with van der Waals surface area (Å²) in [5.74, 6) is 0.318. The fraction of sp³-hybridized carbons (Fsp3) is 0.455. The standard InChI is InChI=1S/C22H28N4O/c1-18-6-5-9-24-20(18)15-25-10-12-26(13-11-25)21(27)22(16-23-17-22)14-19-7-3-2-4-8-19/h2-9,23H,10-17H2,1H3. The molecular weight excluding hydrogens is 336 g/mol. The summed E-state index contributed by atoms with van der Waals surface area (Å²) < 4.78 is 0. The van der Waals surface area contributed by atoms with Crippen LogP contribution in [-0.2, 0) is 17.8 Å². The Labute approximate surface area is 161 Å². The van der Waals surface area contributed by atoms with Crippen LogP contribution in [0.15, 0.2) is 48.7 Å². The highest BCUT2D eigenvalue weighted by molar-refractivity contribution is 5.85. The van der Waals surface area contributed by atoms with Crippen molar-refractivity contribution in [2.45, 2.75) is 19.9 Å². The highest BCUT2D eigenvalue weighted by atomic mass is 16.2. The molecule has 0 radical (unpaired) electrons. The predicted molar refractivity (Wildman–Crippen MR) is 106 cm³/mol. The van der Waals surface area contributed by atoms with Gasteiger partial charge in [0.05, 0.1) is 11.1 Å². The molecule has 3 heterocycles. The van der Waals surface area contributed by atoms with E-state index in [9.17, 15) is 4.79 Å². The average Bonchev–Trinajstić information content (AvgIpc) is 2.67. The summed E-state index contributed by atoms with van der Waals surface area (Å²) >= 11 is 0. The number of amides is 1. The molecule has 2 aliphatic rings. The van der Waals surface area contributed by atoms with Crippen LogP contribution in [0.1, 0.15) is 16.8 Å². The van der Waals surface area contributed by atoms with Gasteiger partial charge in [0.2, 0.25) is 5.91 Å². The van der Waals surface area contributed by atoms with Gasteiger partial charge in [0, 0.05) is 52.0 Å². The number of hydrogen-bond acceptors (Lipinski definition) is 4. The number of aromatic nitrogens is 1. The van der Waals surface area contributed by atoms with Gasteiger partial charge in [0.1, 0.15) is 0 Å². The minimum atomic E-state index is -0.263. The van der Waals surface area contributed by atoms with Crippen molar-refractivity contribution in [3.63, 3.8) is 0 Å². The Kier molecular flexibility index (Phi) is 5.23. The molecule has 5 nitrogen and oxygen atoms in total. The first-order valence-electron chi connectivity index (χ1n) is 9.83. The Hall–Kier alpha value is -2.24. The molecule has 4 rings (SSSR count). The molecule has 2 aliphatic heterocycles. The number of piperazine rings is 1. The van der Waals surface area contributed by atoms with Crippen LogP contribution < -0.4 is 5.32 Å². The molecule has 1 aromatic heterocycles.